The minimum absolute atomic E-state index is 0.179. The van der Waals surface area contributed by atoms with Gasteiger partial charge in [-0.05, 0) is 24.3 Å². The number of halogens is 1. The molecule has 0 aliphatic rings. The number of amides is 1. The number of aromatic amines is 1. The van der Waals surface area contributed by atoms with E-state index in [-0.39, 0.29) is 5.91 Å². The molecule has 0 spiro atoms. The highest BCUT2D eigenvalue weighted by molar-refractivity contribution is 9.10. The van der Waals surface area contributed by atoms with Gasteiger partial charge in [0, 0.05) is 22.3 Å². The van der Waals surface area contributed by atoms with Crippen LogP contribution in [-0.2, 0) is 11.3 Å². The van der Waals surface area contributed by atoms with Crippen molar-refractivity contribution in [3.05, 3.63) is 52.5 Å². The lowest BCUT2D eigenvalue weighted by Crippen LogP contribution is -2.20. The second kappa shape index (κ2) is 6.91. The molecule has 1 aromatic heterocycles. The fourth-order valence-corrected chi connectivity index (χ4v) is 2.00. The van der Waals surface area contributed by atoms with Crippen LogP contribution in [0.25, 0.3) is 6.08 Å². The fraction of sp³-hybridized carbons (Fsp3) is 0.143. The molecule has 0 atom stereocenters. The molecule has 104 valence electrons. The summed E-state index contributed by atoms with van der Waals surface area (Å²) < 4.78 is 6.16. The highest BCUT2D eigenvalue weighted by Crippen LogP contribution is 2.23. The number of carbonyl (C=O) groups is 1. The van der Waals surface area contributed by atoms with Crippen molar-refractivity contribution in [2.24, 2.45) is 0 Å². The number of H-pyrrole nitrogens is 1. The standard InChI is InChI=1S/C14H14BrN3O2/c1-20-13-4-3-11(15)6-10(13)2-5-14(19)17-8-12-7-16-9-18-12/h2-7,9H,8H2,1H3,(H,16,18)(H,17,19). The third-order valence-corrected chi connectivity index (χ3v) is 3.11. The highest BCUT2D eigenvalue weighted by atomic mass is 79.9. The van der Waals surface area contributed by atoms with Crippen molar-refractivity contribution < 1.29 is 9.53 Å². The van der Waals surface area contributed by atoms with Crippen LogP contribution in [0.15, 0.2) is 41.3 Å². The van der Waals surface area contributed by atoms with E-state index in [9.17, 15) is 4.79 Å². The molecule has 2 rings (SSSR count). The molecule has 20 heavy (non-hydrogen) atoms. The number of ether oxygens (including phenoxy) is 1. The summed E-state index contributed by atoms with van der Waals surface area (Å²) >= 11 is 3.39. The Morgan fingerprint density at radius 1 is 1.55 bits per heavy atom. The van der Waals surface area contributed by atoms with Crippen LogP contribution in [0.2, 0.25) is 0 Å². The molecule has 0 fully saturated rings. The number of imidazole rings is 1. The zero-order valence-electron chi connectivity index (χ0n) is 10.9. The number of methoxy groups -OCH3 is 1. The van der Waals surface area contributed by atoms with Crippen LogP contribution in [0.3, 0.4) is 0 Å². The van der Waals surface area contributed by atoms with Crippen LogP contribution in [0, 0.1) is 0 Å². The van der Waals surface area contributed by atoms with Gasteiger partial charge >= 0.3 is 0 Å². The Morgan fingerprint density at radius 3 is 3.10 bits per heavy atom. The van der Waals surface area contributed by atoms with Gasteiger partial charge in [0.2, 0.25) is 5.91 Å². The van der Waals surface area contributed by atoms with Gasteiger partial charge in [-0.2, -0.15) is 0 Å². The number of nitrogens with zero attached hydrogens (tertiary/aromatic N) is 1. The fourth-order valence-electron chi connectivity index (χ4n) is 1.62. The van der Waals surface area contributed by atoms with E-state index < -0.39 is 0 Å². The summed E-state index contributed by atoms with van der Waals surface area (Å²) in [7, 11) is 1.60. The zero-order valence-corrected chi connectivity index (χ0v) is 12.5. The van der Waals surface area contributed by atoms with E-state index in [1.807, 2.05) is 18.2 Å². The molecule has 0 saturated carbocycles. The first-order valence-corrected chi connectivity index (χ1v) is 6.75. The maximum Gasteiger partial charge on any atom is 0.244 e. The Labute approximate surface area is 125 Å². The number of carbonyl (C=O) groups excluding carboxylic acids is 1. The molecule has 1 aromatic carbocycles. The number of hydrogen-bond acceptors (Lipinski definition) is 3. The molecule has 0 aliphatic carbocycles. The molecule has 1 amide bonds. The highest BCUT2D eigenvalue weighted by Gasteiger charge is 2.02. The monoisotopic (exact) mass is 335 g/mol. The van der Waals surface area contributed by atoms with Gasteiger partial charge in [0.25, 0.3) is 0 Å². The summed E-state index contributed by atoms with van der Waals surface area (Å²) in [5.74, 6) is 0.535. The summed E-state index contributed by atoms with van der Waals surface area (Å²) in [6.45, 7) is 0.415. The van der Waals surface area contributed by atoms with E-state index in [0.29, 0.717) is 12.3 Å². The maximum atomic E-state index is 11.7. The first kappa shape index (κ1) is 14.3. The Morgan fingerprint density at radius 2 is 2.40 bits per heavy atom. The molecule has 0 bridgehead atoms. The SMILES string of the molecule is COc1ccc(Br)cc1C=CC(=O)NCc1cnc[nH]1. The number of nitrogens with one attached hydrogen (secondary N) is 2. The maximum absolute atomic E-state index is 11.7. The molecule has 2 aromatic rings. The van der Waals surface area contributed by atoms with Gasteiger partial charge in [-0.15, -0.1) is 0 Å². The van der Waals surface area contributed by atoms with Crippen molar-refractivity contribution in [1.29, 1.82) is 0 Å². The third kappa shape index (κ3) is 3.96. The van der Waals surface area contributed by atoms with Gasteiger partial charge in [-0.1, -0.05) is 15.9 Å². The van der Waals surface area contributed by atoms with E-state index in [1.54, 1.807) is 25.7 Å². The number of benzene rings is 1. The molecule has 0 aliphatic heterocycles. The van der Waals surface area contributed by atoms with Crippen LogP contribution >= 0.6 is 15.9 Å². The van der Waals surface area contributed by atoms with E-state index in [4.69, 9.17) is 4.74 Å². The average molecular weight is 336 g/mol. The van der Waals surface area contributed by atoms with Crippen molar-refractivity contribution in [2.75, 3.05) is 7.11 Å². The van der Waals surface area contributed by atoms with Crippen LogP contribution in [0.4, 0.5) is 0 Å². The van der Waals surface area contributed by atoms with E-state index in [1.165, 1.54) is 6.08 Å². The molecule has 2 N–H and O–H groups in total. The third-order valence-electron chi connectivity index (χ3n) is 2.61. The molecular weight excluding hydrogens is 322 g/mol. The number of rotatable bonds is 5. The lowest BCUT2D eigenvalue weighted by molar-refractivity contribution is -0.116. The van der Waals surface area contributed by atoms with E-state index in [2.05, 4.69) is 31.2 Å². The zero-order chi connectivity index (χ0) is 14.4. The van der Waals surface area contributed by atoms with Crippen molar-refractivity contribution >= 4 is 27.9 Å². The van der Waals surface area contributed by atoms with Gasteiger partial charge in [-0.25, -0.2) is 4.98 Å². The van der Waals surface area contributed by atoms with Crippen LogP contribution in [-0.4, -0.2) is 23.0 Å². The van der Waals surface area contributed by atoms with E-state index >= 15 is 0 Å². The second-order valence-electron chi connectivity index (χ2n) is 4.01. The Kier molecular flexibility index (Phi) is 4.95. The molecule has 0 radical (unpaired) electrons. The first-order valence-electron chi connectivity index (χ1n) is 5.96. The molecule has 1 heterocycles. The Hall–Kier alpha value is -2.08. The van der Waals surface area contributed by atoms with Crippen LogP contribution < -0.4 is 10.1 Å². The van der Waals surface area contributed by atoms with Gasteiger partial charge in [0.05, 0.1) is 25.7 Å². The van der Waals surface area contributed by atoms with E-state index in [0.717, 1.165) is 15.7 Å². The molecule has 5 nitrogen and oxygen atoms in total. The first-order chi connectivity index (χ1) is 9.69. The van der Waals surface area contributed by atoms with Gasteiger partial charge in [0.15, 0.2) is 0 Å². The Balaban J connectivity index is 1.98. The van der Waals surface area contributed by atoms with Gasteiger partial charge < -0.3 is 15.0 Å². The molecular formula is C14H14BrN3O2. The van der Waals surface area contributed by atoms with Crippen molar-refractivity contribution in [1.82, 2.24) is 15.3 Å². The Bertz CT molecular complexity index is 609. The summed E-state index contributed by atoms with van der Waals surface area (Å²) in [4.78, 5) is 18.5. The predicted molar refractivity (Wildman–Crippen MR) is 80.2 cm³/mol. The number of hydrogen-bond donors (Lipinski definition) is 2. The lowest BCUT2D eigenvalue weighted by Gasteiger charge is -2.05. The minimum Gasteiger partial charge on any atom is -0.496 e. The summed E-state index contributed by atoms with van der Waals surface area (Å²) in [6, 6.07) is 5.61. The summed E-state index contributed by atoms with van der Waals surface area (Å²) in [6.07, 6.45) is 6.43. The van der Waals surface area contributed by atoms with Gasteiger partial charge in [-0.3, -0.25) is 4.79 Å². The number of aromatic nitrogens is 2. The van der Waals surface area contributed by atoms with Crippen molar-refractivity contribution in [3.8, 4) is 5.75 Å². The van der Waals surface area contributed by atoms with Gasteiger partial charge in [0.1, 0.15) is 5.75 Å². The largest absolute Gasteiger partial charge is 0.496 e. The van der Waals surface area contributed by atoms with Crippen LogP contribution in [0.5, 0.6) is 5.75 Å². The quantitative estimate of drug-likeness (QED) is 0.825. The topological polar surface area (TPSA) is 67.0 Å². The van der Waals surface area contributed by atoms with Crippen molar-refractivity contribution in [3.63, 3.8) is 0 Å². The smallest absolute Gasteiger partial charge is 0.244 e. The molecule has 0 saturated heterocycles. The predicted octanol–water partition coefficient (Wildman–Crippen LogP) is 2.51. The van der Waals surface area contributed by atoms with Crippen molar-refractivity contribution in [2.45, 2.75) is 6.54 Å². The minimum atomic E-state index is -0.179. The summed E-state index contributed by atoms with van der Waals surface area (Å²) in [5, 5.41) is 2.76. The summed E-state index contributed by atoms with van der Waals surface area (Å²) in [5.41, 5.74) is 1.69. The lowest BCUT2D eigenvalue weighted by atomic mass is 10.2. The molecule has 0 unspecified atom stereocenters. The second-order valence-corrected chi connectivity index (χ2v) is 4.93. The van der Waals surface area contributed by atoms with Crippen LogP contribution in [0.1, 0.15) is 11.3 Å². The molecule has 6 heteroatoms. The normalized spacial score (nSPS) is 10.7. The average Bonchev–Trinajstić information content (AvgIpc) is 2.96.